The van der Waals surface area contributed by atoms with Gasteiger partial charge in [-0.05, 0) is 44.0 Å². The number of ether oxygens (including phenoxy) is 3. The third kappa shape index (κ3) is 4.45. The van der Waals surface area contributed by atoms with Gasteiger partial charge in [-0.25, -0.2) is 13.2 Å². The van der Waals surface area contributed by atoms with Gasteiger partial charge < -0.3 is 24.4 Å². The maximum Gasteiger partial charge on any atom is 0.411 e. The number of carbonyl (C=O) groups is 1. The van der Waals surface area contributed by atoms with Crippen LogP contribution in [0.15, 0.2) is 95.9 Å². The molecule has 0 aliphatic carbocycles. The van der Waals surface area contributed by atoms with Gasteiger partial charge in [-0.1, -0.05) is 78.9 Å². The average Bonchev–Trinajstić information content (AvgIpc) is 3.57. The lowest BCUT2D eigenvalue weighted by Crippen LogP contribution is -2.64. The van der Waals surface area contributed by atoms with Gasteiger partial charge in [0, 0.05) is 0 Å². The molecule has 1 amide bonds. The largest absolute Gasteiger partial charge is 0.444 e. The zero-order chi connectivity index (χ0) is 29.2. The molecular formula is C31H33NO8S. The van der Waals surface area contributed by atoms with E-state index in [1.165, 1.54) is 12.1 Å². The number of aliphatic hydroxyl groups excluding tert-OH is 2. The fourth-order valence-electron chi connectivity index (χ4n) is 6.37. The van der Waals surface area contributed by atoms with Crippen LogP contribution >= 0.6 is 0 Å². The summed E-state index contributed by atoms with van der Waals surface area (Å²) >= 11 is 0. The standard InChI is InChI=1S/C31H33NO8S/c1-30(2,3)40-29(35)32-22-23(33)24(34)27(32)31(28(22)41(36,37)21-17-11-6-12-18-21)38-25(19-13-7-4-8-14-19)26(39-31)20-15-9-5-10-16-20/h4-18,22-28,33-34H,1-3H3/t22-,23+,24+,25-,26-,27+,28+/m0/s1. The Morgan fingerprint density at radius 2 is 1.27 bits per heavy atom. The molecule has 3 heterocycles. The second-order valence-corrected chi connectivity index (χ2v) is 13.8. The summed E-state index contributed by atoms with van der Waals surface area (Å²) in [5, 5.41) is 21.0. The number of carbonyl (C=O) groups excluding carboxylic acids is 1. The first-order chi connectivity index (χ1) is 19.5. The Morgan fingerprint density at radius 1 is 0.805 bits per heavy atom. The van der Waals surface area contributed by atoms with Crippen molar-refractivity contribution in [1.82, 2.24) is 4.90 Å². The molecule has 3 aromatic carbocycles. The van der Waals surface area contributed by atoms with Crippen LogP contribution in [0, 0.1) is 0 Å². The van der Waals surface area contributed by atoms with Crippen LogP contribution in [0.5, 0.6) is 0 Å². The monoisotopic (exact) mass is 579 g/mol. The van der Waals surface area contributed by atoms with Crippen LogP contribution < -0.4 is 0 Å². The van der Waals surface area contributed by atoms with Crippen LogP contribution in [0.1, 0.15) is 44.1 Å². The molecule has 0 radical (unpaired) electrons. The highest BCUT2D eigenvalue weighted by molar-refractivity contribution is 7.92. The molecule has 3 fully saturated rings. The first kappa shape index (κ1) is 27.9. The second-order valence-electron chi connectivity index (χ2n) is 11.7. The number of nitrogens with zero attached hydrogens (tertiary/aromatic N) is 1. The smallest absolute Gasteiger partial charge is 0.411 e. The van der Waals surface area contributed by atoms with E-state index in [0.717, 1.165) is 16.0 Å². The minimum Gasteiger partial charge on any atom is -0.444 e. The van der Waals surface area contributed by atoms with E-state index in [1.54, 1.807) is 39.0 Å². The van der Waals surface area contributed by atoms with Crippen molar-refractivity contribution in [3.05, 3.63) is 102 Å². The number of rotatable bonds is 4. The maximum atomic E-state index is 14.4. The van der Waals surface area contributed by atoms with E-state index in [9.17, 15) is 23.4 Å². The summed E-state index contributed by atoms with van der Waals surface area (Å²) in [4.78, 5) is 14.7. The molecule has 7 atom stereocenters. The van der Waals surface area contributed by atoms with Crippen molar-refractivity contribution < 1.29 is 37.6 Å². The number of benzene rings is 3. The van der Waals surface area contributed by atoms with Gasteiger partial charge >= 0.3 is 6.09 Å². The van der Waals surface area contributed by atoms with E-state index < -0.39 is 69.1 Å². The van der Waals surface area contributed by atoms with Crippen molar-refractivity contribution in [1.29, 1.82) is 0 Å². The van der Waals surface area contributed by atoms with Gasteiger partial charge in [0.25, 0.3) is 0 Å². The van der Waals surface area contributed by atoms with Gasteiger partial charge in [-0.15, -0.1) is 0 Å². The summed E-state index contributed by atoms with van der Waals surface area (Å²) in [5.41, 5.74) is 0.540. The van der Waals surface area contributed by atoms with E-state index in [0.29, 0.717) is 0 Å². The fraction of sp³-hybridized carbons (Fsp3) is 0.387. The molecule has 0 unspecified atom stereocenters. The Hall–Kier alpha value is -3.28. The van der Waals surface area contributed by atoms with Crippen LogP contribution in [-0.4, -0.2) is 70.6 Å². The summed E-state index contributed by atoms with van der Waals surface area (Å²) < 4.78 is 48.0. The molecule has 216 valence electrons. The van der Waals surface area contributed by atoms with Crippen molar-refractivity contribution in [3.63, 3.8) is 0 Å². The SMILES string of the molecule is CC(C)(C)OC(=O)N1[C@H]2[C@@H](O)[C@@H](O)[C@@H]1C1(O[C@@H](c3ccccc3)[C@H](c3ccccc3)O1)[C@@H]2S(=O)(=O)c1ccccc1. The summed E-state index contributed by atoms with van der Waals surface area (Å²) in [7, 11) is -4.31. The minimum absolute atomic E-state index is 0.0191. The molecule has 3 aliphatic heterocycles. The van der Waals surface area contributed by atoms with E-state index in [1.807, 2.05) is 60.7 Å². The second kappa shape index (κ2) is 9.92. The zero-order valence-corrected chi connectivity index (χ0v) is 23.7. The lowest BCUT2D eigenvalue weighted by molar-refractivity contribution is -0.217. The molecule has 1 spiro atoms. The van der Waals surface area contributed by atoms with Crippen LogP contribution in [-0.2, 0) is 24.0 Å². The van der Waals surface area contributed by atoms with Crippen molar-refractivity contribution in [2.75, 3.05) is 0 Å². The quantitative estimate of drug-likeness (QED) is 0.479. The summed E-state index contributed by atoms with van der Waals surface area (Å²) in [6.07, 6.45) is -5.58. The molecule has 41 heavy (non-hydrogen) atoms. The van der Waals surface area contributed by atoms with E-state index in [4.69, 9.17) is 14.2 Å². The molecule has 2 bridgehead atoms. The Balaban J connectivity index is 1.56. The molecule has 6 rings (SSSR count). The van der Waals surface area contributed by atoms with Crippen molar-refractivity contribution in [2.45, 2.75) is 78.8 Å². The third-order valence-corrected chi connectivity index (χ3v) is 10.1. The third-order valence-electron chi connectivity index (χ3n) is 7.93. The Morgan fingerprint density at radius 3 is 1.73 bits per heavy atom. The van der Waals surface area contributed by atoms with Gasteiger partial charge in [-0.2, -0.15) is 0 Å². The van der Waals surface area contributed by atoms with Crippen molar-refractivity contribution in [3.8, 4) is 0 Å². The van der Waals surface area contributed by atoms with E-state index in [2.05, 4.69) is 0 Å². The minimum atomic E-state index is -4.31. The fourth-order valence-corrected chi connectivity index (χ4v) is 8.54. The normalized spacial score (nSPS) is 30.6. The molecule has 3 aliphatic rings. The molecule has 0 saturated carbocycles. The van der Waals surface area contributed by atoms with Crippen LogP contribution in [0.3, 0.4) is 0 Å². The van der Waals surface area contributed by atoms with Gasteiger partial charge in [-0.3, -0.25) is 4.90 Å². The molecule has 0 aromatic heterocycles. The maximum absolute atomic E-state index is 14.4. The molecule has 3 aromatic rings. The molecule has 3 saturated heterocycles. The van der Waals surface area contributed by atoms with Crippen LogP contribution in [0.2, 0.25) is 0 Å². The Labute approximate surface area is 239 Å². The van der Waals surface area contributed by atoms with Crippen LogP contribution in [0.4, 0.5) is 4.79 Å². The predicted octanol–water partition coefficient (Wildman–Crippen LogP) is 3.78. The highest BCUT2D eigenvalue weighted by Crippen LogP contribution is 2.60. The van der Waals surface area contributed by atoms with Gasteiger partial charge in [0.15, 0.2) is 9.84 Å². The van der Waals surface area contributed by atoms with Crippen LogP contribution in [0.25, 0.3) is 0 Å². The number of sulfone groups is 1. The number of aliphatic hydroxyl groups is 2. The summed E-state index contributed by atoms with van der Waals surface area (Å²) in [5.74, 6) is -2.03. The first-order valence-electron chi connectivity index (χ1n) is 13.6. The lowest BCUT2D eigenvalue weighted by Gasteiger charge is -2.40. The summed E-state index contributed by atoms with van der Waals surface area (Å²) in [6.45, 7) is 5.05. The lowest BCUT2D eigenvalue weighted by atomic mass is 9.88. The van der Waals surface area contributed by atoms with E-state index >= 15 is 0 Å². The zero-order valence-electron chi connectivity index (χ0n) is 22.9. The number of amides is 1. The molecule has 2 N–H and O–H groups in total. The molecule has 9 nitrogen and oxygen atoms in total. The van der Waals surface area contributed by atoms with Crippen molar-refractivity contribution >= 4 is 15.9 Å². The first-order valence-corrected chi connectivity index (χ1v) is 15.1. The average molecular weight is 580 g/mol. The Kier molecular flexibility index (Phi) is 6.74. The molecule has 10 heteroatoms. The highest BCUT2D eigenvalue weighted by Gasteiger charge is 2.79. The predicted molar refractivity (Wildman–Crippen MR) is 148 cm³/mol. The van der Waals surface area contributed by atoms with Gasteiger partial charge in [0.05, 0.1) is 10.9 Å². The number of fused-ring (bicyclic) bond motifs is 3. The topological polar surface area (TPSA) is 123 Å². The molecular weight excluding hydrogens is 546 g/mol. The highest BCUT2D eigenvalue weighted by atomic mass is 32.2. The Bertz CT molecular complexity index is 1460. The number of hydrogen-bond acceptors (Lipinski definition) is 8. The van der Waals surface area contributed by atoms with Gasteiger partial charge in [0.1, 0.15) is 41.3 Å². The van der Waals surface area contributed by atoms with Crippen molar-refractivity contribution in [2.24, 2.45) is 0 Å². The van der Waals surface area contributed by atoms with E-state index in [-0.39, 0.29) is 4.90 Å². The summed E-state index contributed by atoms with van der Waals surface area (Å²) in [6, 6.07) is 23.5. The van der Waals surface area contributed by atoms with Gasteiger partial charge in [0.2, 0.25) is 5.79 Å². The number of hydrogen-bond donors (Lipinski definition) is 2.